The highest BCUT2D eigenvalue weighted by molar-refractivity contribution is 5.20. The largest absolute Gasteiger partial charge is 0.329 e. The molecule has 0 saturated carbocycles. The molecule has 0 bridgehead atoms. The van der Waals surface area contributed by atoms with Crippen LogP contribution in [0.15, 0.2) is 12.3 Å². The first kappa shape index (κ1) is 9.09. The van der Waals surface area contributed by atoms with Crippen LogP contribution in [-0.4, -0.2) is 11.5 Å². The molecule has 0 aliphatic heterocycles. The number of pyridine rings is 1. The molecule has 4 heteroatoms. The lowest BCUT2D eigenvalue weighted by Gasteiger charge is -2.08. The van der Waals surface area contributed by atoms with Crippen LogP contribution >= 0.6 is 0 Å². The third-order valence-electron chi connectivity index (χ3n) is 1.72. The molecule has 0 aliphatic rings. The van der Waals surface area contributed by atoms with Crippen LogP contribution in [0.3, 0.4) is 0 Å². The van der Waals surface area contributed by atoms with Crippen LogP contribution in [-0.2, 0) is 0 Å². The maximum Gasteiger partial charge on any atom is 0.215 e. The third kappa shape index (κ3) is 1.78. The van der Waals surface area contributed by atoms with Gasteiger partial charge in [0.15, 0.2) is 0 Å². The van der Waals surface area contributed by atoms with Crippen LogP contribution in [0.5, 0.6) is 0 Å². The summed E-state index contributed by atoms with van der Waals surface area (Å²) >= 11 is 0. The monoisotopic (exact) mass is 169 g/mol. The minimum Gasteiger partial charge on any atom is -0.329 e. The molecule has 0 saturated heterocycles. The normalized spacial score (nSPS) is 13.0. The number of halogens is 1. The van der Waals surface area contributed by atoms with Crippen LogP contribution in [0.2, 0.25) is 0 Å². The van der Waals surface area contributed by atoms with Crippen LogP contribution in [0, 0.1) is 12.9 Å². The number of nitrogens with zero attached hydrogens (tertiary/aromatic N) is 1. The van der Waals surface area contributed by atoms with Gasteiger partial charge in [0.25, 0.3) is 0 Å². The molecule has 0 aliphatic carbocycles. The summed E-state index contributed by atoms with van der Waals surface area (Å²) in [4.78, 5) is 3.55. The van der Waals surface area contributed by atoms with E-state index >= 15 is 0 Å². The van der Waals surface area contributed by atoms with Gasteiger partial charge in [-0.05, 0) is 18.6 Å². The van der Waals surface area contributed by atoms with Gasteiger partial charge in [-0.2, -0.15) is 4.39 Å². The Bertz CT molecular complexity index is 275. The Labute approximate surface area is 70.6 Å². The summed E-state index contributed by atoms with van der Waals surface area (Å²) in [5, 5.41) is 0. The molecule has 0 spiro atoms. The summed E-state index contributed by atoms with van der Waals surface area (Å²) < 4.78 is 12.7. The van der Waals surface area contributed by atoms with Crippen molar-refractivity contribution in [1.82, 2.24) is 4.98 Å². The molecule has 0 unspecified atom stereocenters. The smallest absolute Gasteiger partial charge is 0.215 e. The fourth-order valence-corrected chi connectivity index (χ4v) is 0.919. The second-order valence-corrected chi connectivity index (χ2v) is 2.72. The third-order valence-corrected chi connectivity index (χ3v) is 1.72. The summed E-state index contributed by atoms with van der Waals surface area (Å²) in [7, 11) is 0. The summed E-state index contributed by atoms with van der Waals surface area (Å²) in [6.45, 7) is 1.99. The molecule has 4 N–H and O–H groups in total. The molecule has 1 atom stereocenters. The van der Waals surface area contributed by atoms with E-state index in [9.17, 15) is 4.39 Å². The van der Waals surface area contributed by atoms with Crippen molar-refractivity contribution in [2.24, 2.45) is 11.5 Å². The van der Waals surface area contributed by atoms with Gasteiger partial charge in [-0.15, -0.1) is 0 Å². The Hall–Kier alpha value is -1.00. The number of nitrogens with two attached hydrogens (primary N) is 2. The second kappa shape index (κ2) is 3.60. The first-order chi connectivity index (χ1) is 5.65. The first-order valence-corrected chi connectivity index (χ1v) is 3.73. The maximum absolute atomic E-state index is 12.7. The van der Waals surface area contributed by atoms with Crippen LogP contribution in [0.25, 0.3) is 0 Å². The number of aryl methyl sites for hydroxylation is 1. The van der Waals surface area contributed by atoms with Gasteiger partial charge in [-0.3, -0.25) is 0 Å². The minimum absolute atomic E-state index is 0.253. The topological polar surface area (TPSA) is 64.9 Å². The van der Waals surface area contributed by atoms with Crippen molar-refractivity contribution >= 4 is 0 Å². The van der Waals surface area contributed by atoms with E-state index in [1.807, 2.05) is 0 Å². The van der Waals surface area contributed by atoms with Crippen molar-refractivity contribution < 1.29 is 4.39 Å². The van der Waals surface area contributed by atoms with Gasteiger partial charge in [0.05, 0.1) is 0 Å². The van der Waals surface area contributed by atoms with Crippen molar-refractivity contribution in [3.63, 3.8) is 0 Å². The fraction of sp³-hybridized carbons (Fsp3) is 0.375. The van der Waals surface area contributed by atoms with E-state index in [0.717, 1.165) is 5.56 Å². The lowest BCUT2D eigenvalue weighted by Crippen LogP contribution is -2.21. The fourth-order valence-electron chi connectivity index (χ4n) is 0.919. The molecule has 1 aromatic heterocycles. The summed E-state index contributed by atoms with van der Waals surface area (Å²) in [5.41, 5.74) is 12.2. The van der Waals surface area contributed by atoms with E-state index in [2.05, 4.69) is 4.98 Å². The van der Waals surface area contributed by atoms with Crippen molar-refractivity contribution in [2.75, 3.05) is 6.54 Å². The molecule has 0 fully saturated rings. The molecule has 0 aromatic carbocycles. The number of aromatic nitrogens is 1. The van der Waals surface area contributed by atoms with Crippen molar-refractivity contribution in [3.05, 3.63) is 29.3 Å². The Kier molecular flexibility index (Phi) is 2.73. The molecular weight excluding hydrogens is 157 g/mol. The second-order valence-electron chi connectivity index (χ2n) is 2.72. The van der Waals surface area contributed by atoms with Crippen molar-refractivity contribution in [1.29, 1.82) is 0 Å². The molecule has 1 rings (SSSR count). The van der Waals surface area contributed by atoms with Gasteiger partial charge in [0, 0.05) is 24.3 Å². The van der Waals surface area contributed by atoms with Crippen molar-refractivity contribution in [2.45, 2.75) is 13.0 Å². The highest BCUT2D eigenvalue weighted by Crippen LogP contribution is 2.11. The van der Waals surface area contributed by atoms with Crippen LogP contribution in [0.1, 0.15) is 17.2 Å². The molecule has 66 valence electrons. The Morgan fingerprint density at radius 3 is 2.83 bits per heavy atom. The lowest BCUT2D eigenvalue weighted by atomic mass is 10.1. The Morgan fingerprint density at radius 2 is 2.33 bits per heavy atom. The zero-order chi connectivity index (χ0) is 9.14. The summed E-state index contributed by atoms with van der Waals surface area (Å²) in [5.74, 6) is -0.456. The maximum atomic E-state index is 12.7. The standard InChI is InChI=1S/C8H12FN3/c1-5-2-6(7(11)3-10)4-12-8(5)9/h2,4,7H,3,10-11H2,1H3/t7-/m1/s1. The average molecular weight is 169 g/mol. The van der Waals surface area contributed by atoms with Crippen LogP contribution < -0.4 is 11.5 Å². The molecule has 3 nitrogen and oxygen atoms in total. The van der Waals surface area contributed by atoms with Gasteiger partial charge in [-0.1, -0.05) is 0 Å². The SMILES string of the molecule is Cc1cc([C@H](N)CN)cnc1F. The van der Waals surface area contributed by atoms with Gasteiger partial charge in [-0.25, -0.2) is 4.98 Å². The quantitative estimate of drug-likeness (QED) is 0.633. The van der Waals surface area contributed by atoms with E-state index in [1.54, 1.807) is 13.0 Å². The lowest BCUT2D eigenvalue weighted by molar-refractivity contribution is 0.570. The van der Waals surface area contributed by atoms with Gasteiger partial charge in [0.2, 0.25) is 5.95 Å². The number of rotatable bonds is 2. The summed E-state index contributed by atoms with van der Waals surface area (Å²) in [6.07, 6.45) is 1.42. The molecule has 0 amide bonds. The van der Waals surface area contributed by atoms with Gasteiger partial charge >= 0.3 is 0 Å². The molecule has 1 aromatic rings. The first-order valence-electron chi connectivity index (χ1n) is 3.73. The zero-order valence-electron chi connectivity index (χ0n) is 6.92. The van der Waals surface area contributed by atoms with Crippen molar-refractivity contribution in [3.8, 4) is 0 Å². The predicted octanol–water partition coefficient (Wildman–Crippen LogP) is 0.488. The Balaban J connectivity index is 2.96. The number of hydrogen-bond donors (Lipinski definition) is 2. The molecule has 12 heavy (non-hydrogen) atoms. The van der Waals surface area contributed by atoms with E-state index in [0.29, 0.717) is 12.1 Å². The number of hydrogen-bond acceptors (Lipinski definition) is 3. The minimum atomic E-state index is -0.456. The van der Waals surface area contributed by atoms with Gasteiger partial charge < -0.3 is 11.5 Å². The molecule has 0 radical (unpaired) electrons. The van der Waals surface area contributed by atoms with E-state index in [4.69, 9.17) is 11.5 Å². The zero-order valence-corrected chi connectivity index (χ0v) is 6.92. The van der Waals surface area contributed by atoms with Gasteiger partial charge in [0.1, 0.15) is 0 Å². The van der Waals surface area contributed by atoms with Crippen LogP contribution in [0.4, 0.5) is 4.39 Å². The average Bonchev–Trinajstić information content (AvgIpc) is 2.08. The highest BCUT2D eigenvalue weighted by Gasteiger charge is 2.06. The highest BCUT2D eigenvalue weighted by atomic mass is 19.1. The Morgan fingerprint density at radius 1 is 1.67 bits per heavy atom. The predicted molar refractivity (Wildman–Crippen MR) is 44.9 cm³/mol. The van der Waals surface area contributed by atoms with E-state index in [1.165, 1.54) is 6.20 Å². The molecular formula is C8H12FN3. The van der Waals surface area contributed by atoms with E-state index < -0.39 is 5.95 Å². The van der Waals surface area contributed by atoms with E-state index in [-0.39, 0.29) is 6.04 Å². The molecule has 1 heterocycles. The summed E-state index contributed by atoms with van der Waals surface area (Å²) in [6, 6.07) is 1.41.